The van der Waals surface area contributed by atoms with Crippen molar-refractivity contribution in [3.05, 3.63) is 34.9 Å². The number of amides is 1. The van der Waals surface area contributed by atoms with E-state index in [1.54, 1.807) is 0 Å². The van der Waals surface area contributed by atoms with Gasteiger partial charge < -0.3 is 11.1 Å². The van der Waals surface area contributed by atoms with Crippen molar-refractivity contribution in [3.63, 3.8) is 0 Å². The molecule has 94 valence electrons. The predicted molar refractivity (Wildman–Crippen MR) is 71.1 cm³/mol. The van der Waals surface area contributed by atoms with Gasteiger partial charge in [0.05, 0.1) is 0 Å². The number of nitrogens with two attached hydrogens (primary N) is 1. The Hall–Kier alpha value is -1.35. The van der Waals surface area contributed by atoms with Crippen molar-refractivity contribution in [1.29, 1.82) is 0 Å². The summed E-state index contributed by atoms with van der Waals surface area (Å²) < 4.78 is 0. The van der Waals surface area contributed by atoms with Gasteiger partial charge in [-0.25, -0.2) is 0 Å². The molecule has 0 aliphatic heterocycles. The van der Waals surface area contributed by atoms with Crippen LogP contribution in [0.1, 0.15) is 35.3 Å². The minimum absolute atomic E-state index is 0.0300. The number of carbonyl (C=O) groups is 1. The number of aryl methyl sites for hydroxylation is 2. The van der Waals surface area contributed by atoms with E-state index < -0.39 is 0 Å². The second kappa shape index (κ2) is 5.82. The van der Waals surface area contributed by atoms with Gasteiger partial charge in [0.1, 0.15) is 0 Å². The molecule has 1 atom stereocenters. The predicted octanol–water partition coefficient (Wildman–Crippen LogP) is 2.02. The van der Waals surface area contributed by atoms with E-state index in [0.29, 0.717) is 12.5 Å². The lowest BCUT2D eigenvalue weighted by Gasteiger charge is -2.21. The van der Waals surface area contributed by atoms with Crippen molar-refractivity contribution in [2.24, 2.45) is 11.7 Å². The summed E-state index contributed by atoms with van der Waals surface area (Å²) in [7, 11) is 0. The fourth-order valence-corrected chi connectivity index (χ4v) is 1.72. The van der Waals surface area contributed by atoms with Crippen LogP contribution in [0, 0.1) is 19.8 Å². The first-order valence-corrected chi connectivity index (χ1v) is 6.04. The normalized spacial score (nSPS) is 12.6. The molecule has 0 saturated heterocycles. The van der Waals surface area contributed by atoms with Crippen molar-refractivity contribution in [2.45, 2.75) is 33.7 Å². The number of benzene rings is 1. The molecule has 3 N–H and O–H groups in total. The van der Waals surface area contributed by atoms with E-state index >= 15 is 0 Å². The summed E-state index contributed by atoms with van der Waals surface area (Å²) in [5, 5.41) is 2.99. The Morgan fingerprint density at radius 3 is 2.53 bits per heavy atom. The third-order valence-electron chi connectivity index (χ3n) is 3.01. The molecule has 0 bridgehead atoms. The molecule has 1 unspecified atom stereocenters. The zero-order valence-electron chi connectivity index (χ0n) is 11.1. The first-order valence-electron chi connectivity index (χ1n) is 6.04. The third-order valence-corrected chi connectivity index (χ3v) is 3.01. The molecule has 0 aromatic heterocycles. The van der Waals surface area contributed by atoms with Crippen LogP contribution in [0.4, 0.5) is 0 Å². The van der Waals surface area contributed by atoms with Gasteiger partial charge in [-0.3, -0.25) is 4.79 Å². The quantitative estimate of drug-likeness (QED) is 0.837. The molecule has 0 aliphatic carbocycles. The SMILES string of the molecule is Cc1ccc(C)c(C(=O)NC(CN)C(C)C)c1. The van der Waals surface area contributed by atoms with Crippen LogP contribution in [-0.2, 0) is 0 Å². The Balaban J connectivity index is 2.86. The lowest BCUT2D eigenvalue weighted by atomic mass is 10.0. The number of carbonyl (C=O) groups excluding carboxylic acids is 1. The molecule has 0 radical (unpaired) electrons. The summed E-state index contributed by atoms with van der Waals surface area (Å²) in [5.74, 6) is 0.310. The molecular formula is C14H22N2O. The highest BCUT2D eigenvalue weighted by Gasteiger charge is 2.16. The molecule has 0 heterocycles. The van der Waals surface area contributed by atoms with Crippen molar-refractivity contribution < 1.29 is 4.79 Å². The van der Waals surface area contributed by atoms with Crippen molar-refractivity contribution >= 4 is 5.91 Å². The molecule has 3 heteroatoms. The van der Waals surface area contributed by atoms with Crippen molar-refractivity contribution in [3.8, 4) is 0 Å². The zero-order valence-corrected chi connectivity index (χ0v) is 11.1. The minimum Gasteiger partial charge on any atom is -0.348 e. The molecule has 1 aromatic carbocycles. The van der Waals surface area contributed by atoms with Crippen LogP contribution in [0.5, 0.6) is 0 Å². The van der Waals surface area contributed by atoms with Gasteiger partial charge in [-0.1, -0.05) is 31.5 Å². The second-order valence-corrected chi connectivity index (χ2v) is 4.88. The van der Waals surface area contributed by atoms with E-state index in [4.69, 9.17) is 5.73 Å². The molecule has 0 aliphatic rings. The van der Waals surface area contributed by atoms with E-state index in [1.165, 1.54) is 0 Å². The number of rotatable bonds is 4. The Morgan fingerprint density at radius 1 is 1.35 bits per heavy atom. The van der Waals surface area contributed by atoms with Gasteiger partial charge in [0.2, 0.25) is 0 Å². The van der Waals surface area contributed by atoms with E-state index in [1.807, 2.05) is 32.0 Å². The van der Waals surface area contributed by atoms with E-state index in [9.17, 15) is 4.79 Å². The molecule has 0 spiro atoms. The van der Waals surface area contributed by atoms with Crippen LogP contribution in [0.2, 0.25) is 0 Å². The van der Waals surface area contributed by atoms with Gasteiger partial charge in [-0.2, -0.15) is 0 Å². The highest BCUT2D eigenvalue weighted by Crippen LogP contribution is 2.11. The smallest absolute Gasteiger partial charge is 0.251 e. The van der Waals surface area contributed by atoms with Crippen molar-refractivity contribution in [2.75, 3.05) is 6.54 Å². The van der Waals surface area contributed by atoms with Gasteiger partial charge >= 0.3 is 0 Å². The maximum absolute atomic E-state index is 12.1. The topological polar surface area (TPSA) is 55.1 Å². The van der Waals surface area contributed by atoms with Gasteiger partial charge in [0.25, 0.3) is 5.91 Å². The van der Waals surface area contributed by atoms with Crippen molar-refractivity contribution in [1.82, 2.24) is 5.32 Å². The maximum Gasteiger partial charge on any atom is 0.251 e. The molecule has 1 amide bonds. The van der Waals surface area contributed by atoms with Crippen LogP contribution in [0.25, 0.3) is 0 Å². The van der Waals surface area contributed by atoms with Crippen LogP contribution < -0.4 is 11.1 Å². The highest BCUT2D eigenvalue weighted by atomic mass is 16.1. The largest absolute Gasteiger partial charge is 0.348 e. The average molecular weight is 234 g/mol. The van der Waals surface area contributed by atoms with Crippen LogP contribution in [0.3, 0.4) is 0 Å². The average Bonchev–Trinajstić information content (AvgIpc) is 2.28. The third kappa shape index (κ3) is 3.56. The van der Waals surface area contributed by atoms with Crippen LogP contribution in [0.15, 0.2) is 18.2 Å². The van der Waals surface area contributed by atoms with Gasteiger partial charge in [0.15, 0.2) is 0 Å². The first kappa shape index (κ1) is 13.7. The number of nitrogens with one attached hydrogen (secondary N) is 1. The molecular weight excluding hydrogens is 212 g/mol. The number of hydrogen-bond acceptors (Lipinski definition) is 2. The summed E-state index contributed by atoms with van der Waals surface area (Å²) in [6.07, 6.45) is 0. The standard InChI is InChI=1S/C14H22N2O/c1-9(2)13(8-15)16-14(17)12-7-10(3)5-6-11(12)4/h5-7,9,13H,8,15H2,1-4H3,(H,16,17). The van der Waals surface area contributed by atoms with Crippen LogP contribution >= 0.6 is 0 Å². The monoisotopic (exact) mass is 234 g/mol. The summed E-state index contributed by atoms with van der Waals surface area (Å²) in [5.41, 5.74) is 8.48. The van der Waals surface area contributed by atoms with Gasteiger partial charge in [-0.05, 0) is 31.4 Å². The molecule has 3 nitrogen and oxygen atoms in total. The summed E-state index contributed by atoms with van der Waals surface area (Å²) >= 11 is 0. The summed E-state index contributed by atoms with van der Waals surface area (Å²) in [6.45, 7) is 8.51. The van der Waals surface area contributed by atoms with Crippen LogP contribution in [-0.4, -0.2) is 18.5 Å². The summed E-state index contributed by atoms with van der Waals surface area (Å²) in [4.78, 5) is 12.1. The minimum atomic E-state index is -0.0321. The Bertz CT molecular complexity index is 399. The lowest BCUT2D eigenvalue weighted by Crippen LogP contribution is -2.43. The van der Waals surface area contributed by atoms with E-state index in [-0.39, 0.29) is 11.9 Å². The fourth-order valence-electron chi connectivity index (χ4n) is 1.72. The van der Waals surface area contributed by atoms with E-state index in [2.05, 4.69) is 19.2 Å². The summed E-state index contributed by atoms with van der Waals surface area (Å²) in [6, 6.07) is 5.92. The lowest BCUT2D eigenvalue weighted by molar-refractivity contribution is 0.0927. The molecule has 0 fully saturated rings. The Morgan fingerprint density at radius 2 is 2.00 bits per heavy atom. The molecule has 1 aromatic rings. The Labute approximate surface area is 103 Å². The number of hydrogen-bond donors (Lipinski definition) is 2. The van der Waals surface area contributed by atoms with Gasteiger partial charge in [-0.15, -0.1) is 0 Å². The molecule has 17 heavy (non-hydrogen) atoms. The first-order chi connectivity index (χ1) is 7.95. The second-order valence-electron chi connectivity index (χ2n) is 4.88. The maximum atomic E-state index is 12.1. The fraction of sp³-hybridized carbons (Fsp3) is 0.500. The Kier molecular flexibility index (Phi) is 4.70. The van der Waals surface area contributed by atoms with Gasteiger partial charge in [0, 0.05) is 18.2 Å². The molecule has 1 rings (SSSR count). The highest BCUT2D eigenvalue weighted by molar-refractivity contribution is 5.96. The molecule has 0 saturated carbocycles. The van der Waals surface area contributed by atoms with E-state index in [0.717, 1.165) is 16.7 Å². The zero-order chi connectivity index (χ0) is 13.0.